The molecule has 0 unspecified atom stereocenters. The molecule has 0 aliphatic rings. The molecule has 7 nitrogen and oxygen atoms in total. The van der Waals surface area contributed by atoms with Crippen molar-refractivity contribution in [1.82, 2.24) is 19.8 Å². The number of unbranched alkanes of at least 4 members (excludes halogenated alkanes) is 1. The van der Waals surface area contributed by atoms with Crippen molar-refractivity contribution < 1.29 is 4.74 Å². The first-order valence-electron chi connectivity index (χ1n) is 7.54. The van der Waals surface area contributed by atoms with Crippen molar-refractivity contribution in [2.45, 2.75) is 19.8 Å². The van der Waals surface area contributed by atoms with Crippen LogP contribution < -0.4 is 10.2 Å². The molecule has 0 radical (unpaired) electrons. The number of fused-ring (bicyclic) bond motifs is 1. The number of aromatic nitrogens is 4. The second-order valence-electron chi connectivity index (χ2n) is 4.99. The van der Waals surface area contributed by atoms with E-state index in [4.69, 9.17) is 4.74 Å². The van der Waals surface area contributed by atoms with Gasteiger partial charge in [-0.2, -0.15) is 9.62 Å². The van der Waals surface area contributed by atoms with Crippen LogP contribution in [0, 0.1) is 0 Å². The number of hydrogen-bond donors (Lipinski definition) is 1. The lowest BCUT2D eigenvalue weighted by Crippen LogP contribution is -1.98. The highest BCUT2D eigenvalue weighted by Crippen LogP contribution is 2.12. The van der Waals surface area contributed by atoms with Crippen molar-refractivity contribution in [3.8, 4) is 5.75 Å². The van der Waals surface area contributed by atoms with Crippen LogP contribution in [0.25, 0.3) is 5.65 Å². The van der Waals surface area contributed by atoms with Crippen molar-refractivity contribution in [3.63, 3.8) is 0 Å². The number of benzene rings is 1. The van der Waals surface area contributed by atoms with Gasteiger partial charge in [0, 0.05) is 0 Å². The van der Waals surface area contributed by atoms with Crippen LogP contribution in [0.2, 0.25) is 0 Å². The minimum Gasteiger partial charge on any atom is -0.494 e. The van der Waals surface area contributed by atoms with E-state index in [1.165, 1.54) is 0 Å². The minimum absolute atomic E-state index is 0.619. The third-order valence-electron chi connectivity index (χ3n) is 3.20. The summed E-state index contributed by atoms with van der Waals surface area (Å²) in [4.78, 5) is 0. The first-order valence-corrected chi connectivity index (χ1v) is 7.54. The first kappa shape index (κ1) is 15.0. The molecular weight excluding hydrogens is 292 g/mol. The van der Waals surface area contributed by atoms with E-state index >= 15 is 0 Å². The van der Waals surface area contributed by atoms with Crippen molar-refractivity contribution >= 4 is 17.7 Å². The van der Waals surface area contributed by atoms with E-state index in [2.05, 4.69) is 32.7 Å². The standard InChI is InChI=1S/C16H18N6O/c1-2-3-10-23-14-6-4-13(5-7-14)11-17-19-15-8-9-16-20-18-12-22(16)21-15/h4-9,11-12H,2-3,10H2,1H3,(H,19,21)/b17-11+. The number of ether oxygens (including phenoxy) is 1. The van der Waals surface area contributed by atoms with E-state index in [-0.39, 0.29) is 0 Å². The molecule has 0 saturated heterocycles. The van der Waals surface area contributed by atoms with Crippen molar-refractivity contribution in [2.24, 2.45) is 5.10 Å². The molecule has 0 spiro atoms. The normalized spacial score (nSPS) is 11.2. The zero-order chi connectivity index (χ0) is 15.9. The number of hydrazone groups is 1. The van der Waals surface area contributed by atoms with Crippen LogP contribution >= 0.6 is 0 Å². The van der Waals surface area contributed by atoms with Crippen LogP contribution in [0.15, 0.2) is 47.8 Å². The molecule has 2 heterocycles. The molecule has 0 fully saturated rings. The number of nitrogens with one attached hydrogen (secondary N) is 1. The molecule has 0 amide bonds. The van der Waals surface area contributed by atoms with Gasteiger partial charge in [0.1, 0.15) is 12.1 Å². The Morgan fingerprint density at radius 1 is 1.22 bits per heavy atom. The molecule has 0 aliphatic carbocycles. The Hall–Kier alpha value is -2.96. The van der Waals surface area contributed by atoms with Crippen LogP contribution in [0.4, 0.5) is 5.82 Å². The fourth-order valence-electron chi connectivity index (χ4n) is 1.95. The smallest absolute Gasteiger partial charge is 0.177 e. The van der Waals surface area contributed by atoms with Gasteiger partial charge in [-0.05, 0) is 48.4 Å². The fraction of sp³-hybridized carbons (Fsp3) is 0.250. The molecule has 23 heavy (non-hydrogen) atoms. The van der Waals surface area contributed by atoms with Gasteiger partial charge in [0.15, 0.2) is 11.5 Å². The Morgan fingerprint density at radius 2 is 2.09 bits per heavy atom. The molecular formula is C16H18N6O. The van der Waals surface area contributed by atoms with E-state index in [0.29, 0.717) is 11.5 Å². The Labute approximate surface area is 134 Å². The maximum absolute atomic E-state index is 5.62. The van der Waals surface area contributed by atoms with Gasteiger partial charge in [-0.15, -0.1) is 15.3 Å². The molecule has 0 atom stereocenters. The molecule has 0 aliphatic heterocycles. The average molecular weight is 310 g/mol. The highest BCUT2D eigenvalue weighted by molar-refractivity contribution is 5.80. The summed E-state index contributed by atoms with van der Waals surface area (Å²) in [5.41, 5.74) is 4.55. The largest absolute Gasteiger partial charge is 0.494 e. The predicted molar refractivity (Wildman–Crippen MR) is 88.8 cm³/mol. The number of anilines is 1. The maximum atomic E-state index is 5.62. The minimum atomic E-state index is 0.619. The van der Waals surface area contributed by atoms with Crippen molar-refractivity contribution in [1.29, 1.82) is 0 Å². The molecule has 3 rings (SSSR count). The summed E-state index contributed by atoms with van der Waals surface area (Å²) in [6, 6.07) is 11.4. The Bertz CT molecular complexity index is 781. The summed E-state index contributed by atoms with van der Waals surface area (Å²) in [5, 5.41) is 16.1. The summed E-state index contributed by atoms with van der Waals surface area (Å²) >= 11 is 0. The van der Waals surface area contributed by atoms with Crippen LogP contribution in [0.1, 0.15) is 25.3 Å². The summed E-state index contributed by atoms with van der Waals surface area (Å²) in [6.45, 7) is 2.90. The van der Waals surface area contributed by atoms with Gasteiger partial charge in [0.2, 0.25) is 0 Å². The van der Waals surface area contributed by atoms with Gasteiger partial charge in [-0.1, -0.05) is 13.3 Å². The summed E-state index contributed by atoms with van der Waals surface area (Å²) in [7, 11) is 0. The Balaban J connectivity index is 1.56. The zero-order valence-corrected chi connectivity index (χ0v) is 12.9. The molecule has 1 N–H and O–H groups in total. The van der Waals surface area contributed by atoms with Gasteiger partial charge >= 0.3 is 0 Å². The van der Waals surface area contributed by atoms with Crippen LogP contribution in [0.3, 0.4) is 0 Å². The molecule has 118 valence electrons. The third kappa shape index (κ3) is 4.03. The average Bonchev–Trinajstić information content (AvgIpc) is 3.04. The molecule has 0 saturated carbocycles. The SMILES string of the molecule is CCCCOc1ccc(/C=N/Nc2ccc3nncn3n2)cc1. The second kappa shape index (κ2) is 7.35. The number of rotatable bonds is 7. The van der Waals surface area contributed by atoms with E-state index in [1.807, 2.05) is 30.3 Å². The lowest BCUT2D eigenvalue weighted by molar-refractivity contribution is 0.309. The lowest BCUT2D eigenvalue weighted by atomic mass is 10.2. The molecule has 0 bridgehead atoms. The van der Waals surface area contributed by atoms with E-state index in [0.717, 1.165) is 30.8 Å². The summed E-state index contributed by atoms with van der Waals surface area (Å²) in [5.74, 6) is 1.50. The van der Waals surface area contributed by atoms with Gasteiger partial charge in [-0.3, -0.25) is 5.43 Å². The second-order valence-corrected chi connectivity index (χ2v) is 4.99. The van der Waals surface area contributed by atoms with Gasteiger partial charge < -0.3 is 4.74 Å². The van der Waals surface area contributed by atoms with E-state index < -0.39 is 0 Å². The quantitative estimate of drug-likeness (QED) is 0.412. The maximum Gasteiger partial charge on any atom is 0.177 e. The van der Waals surface area contributed by atoms with Crippen molar-refractivity contribution in [3.05, 3.63) is 48.3 Å². The zero-order valence-electron chi connectivity index (χ0n) is 12.9. The molecule has 2 aromatic heterocycles. The molecule has 7 heteroatoms. The lowest BCUT2D eigenvalue weighted by Gasteiger charge is -2.05. The van der Waals surface area contributed by atoms with Crippen molar-refractivity contribution in [2.75, 3.05) is 12.0 Å². The topological polar surface area (TPSA) is 76.7 Å². The molecule has 1 aromatic carbocycles. The van der Waals surface area contributed by atoms with Gasteiger partial charge in [-0.25, -0.2) is 0 Å². The first-order chi connectivity index (χ1) is 11.3. The van der Waals surface area contributed by atoms with Crippen LogP contribution in [-0.2, 0) is 0 Å². The van der Waals surface area contributed by atoms with E-state index in [9.17, 15) is 0 Å². The fourth-order valence-corrected chi connectivity index (χ4v) is 1.95. The predicted octanol–water partition coefficient (Wildman–Crippen LogP) is 2.75. The van der Waals surface area contributed by atoms with Gasteiger partial charge in [0.05, 0.1) is 12.8 Å². The highest BCUT2D eigenvalue weighted by Gasteiger charge is 1.98. The summed E-state index contributed by atoms with van der Waals surface area (Å²) in [6.07, 6.45) is 5.47. The molecule has 3 aromatic rings. The number of hydrogen-bond acceptors (Lipinski definition) is 6. The van der Waals surface area contributed by atoms with Gasteiger partial charge in [0.25, 0.3) is 0 Å². The van der Waals surface area contributed by atoms with Crippen LogP contribution in [-0.4, -0.2) is 32.6 Å². The third-order valence-corrected chi connectivity index (χ3v) is 3.20. The summed E-state index contributed by atoms with van der Waals surface area (Å²) < 4.78 is 7.21. The number of nitrogens with zero attached hydrogens (tertiary/aromatic N) is 5. The Kier molecular flexibility index (Phi) is 4.78. The highest BCUT2D eigenvalue weighted by atomic mass is 16.5. The Morgan fingerprint density at radius 3 is 2.91 bits per heavy atom. The van der Waals surface area contributed by atoms with E-state index in [1.54, 1.807) is 23.1 Å². The monoisotopic (exact) mass is 310 g/mol. The van der Waals surface area contributed by atoms with Crippen LogP contribution in [0.5, 0.6) is 5.75 Å².